The lowest BCUT2D eigenvalue weighted by Crippen LogP contribution is -2.47. The number of likely N-dealkylation sites (N-methyl/N-ethyl adjacent to an activating group) is 1. The van der Waals surface area contributed by atoms with Crippen molar-refractivity contribution in [2.75, 3.05) is 20.8 Å². The van der Waals surface area contributed by atoms with E-state index in [1.165, 1.54) is 14.2 Å². The molecule has 0 unspecified atom stereocenters. The molecule has 0 radical (unpaired) electrons. The summed E-state index contributed by atoms with van der Waals surface area (Å²) in [7, 11) is 2.95. The predicted octanol–water partition coefficient (Wildman–Crippen LogP) is 2.21. The molecule has 148 valence electrons. The van der Waals surface area contributed by atoms with Gasteiger partial charge in [0.15, 0.2) is 5.82 Å². The van der Waals surface area contributed by atoms with E-state index < -0.39 is 6.04 Å². The summed E-state index contributed by atoms with van der Waals surface area (Å²) < 4.78 is 5.72. The molecule has 8 heteroatoms. The molecular formula is C20H24N4O4. The van der Waals surface area contributed by atoms with Gasteiger partial charge in [-0.1, -0.05) is 24.6 Å². The van der Waals surface area contributed by atoms with Crippen molar-refractivity contribution in [3.8, 4) is 17.3 Å². The smallest absolute Gasteiger partial charge is 0.268 e. The molecule has 8 nitrogen and oxygen atoms in total. The normalized spacial score (nSPS) is 17.5. The number of benzene rings is 1. The molecule has 1 aliphatic heterocycles. The lowest BCUT2D eigenvalue weighted by Gasteiger charge is -2.23. The number of rotatable bonds is 2. The average Bonchev–Trinajstić information content (AvgIpc) is 2.73. The Morgan fingerprint density at radius 1 is 1.21 bits per heavy atom. The number of hydroxylamine groups is 2. The Bertz CT molecular complexity index is 842. The highest BCUT2D eigenvalue weighted by atomic mass is 16.7. The Morgan fingerprint density at radius 2 is 2.00 bits per heavy atom. The maximum Gasteiger partial charge on any atom is 0.268 e. The number of aromatic nitrogens is 2. The van der Waals surface area contributed by atoms with Gasteiger partial charge in [-0.25, -0.2) is 10.0 Å². The highest BCUT2D eigenvalue weighted by Gasteiger charge is 2.26. The number of amides is 2. The highest BCUT2D eigenvalue weighted by Crippen LogP contribution is 2.23. The summed E-state index contributed by atoms with van der Waals surface area (Å²) in [6.07, 6.45) is 4.59. The van der Waals surface area contributed by atoms with Crippen LogP contribution < -0.4 is 10.1 Å². The van der Waals surface area contributed by atoms with Crippen molar-refractivity contribution in [3.63, 3.8) is 0 Å². The van der Waals surface area contributed by atoms with Crippen molar-refractivity contribution in [2.24, 2.45) is 0 Å². The standard InChI is InChI=1S/C20H24N4O4/c1-24(27-2)20(26)16-10-4-3-7-13-28-17-11-12-21-18(23-17)14-8-5-6-9-15(14)19(25)22-16/h5-6,8-9,11-12,16H,3-4,7,10,13H2,1-2H3,(H,22,25)/t16-/m0/s1. The Hall–Kier alpha value is -3.00. The largest absolute Gasteiger partial charge is 0.478 e. The molecule has 2 bridgehead atoms. The van der Waals surface area contributed by atoms with Gasteiger partial charge in [0.25, 0.3) is 11.8 Å². The van der Waals surface area contributed by atoms with Crippen molar-refractivity contribution in [1.82, 2.24) is 20.3 Å². The van der Waals surface area contributed by atoms with Crippen LogP contribution in [0, 0.1) is 0 Å². The van der Waals surface area contributed by atoms with E-state index in [0.717, 1.165) is 24.3 Å². The molecule has 2 heterocycles. The van der Waals surface area contributed by atoms with Crippen molar-refractivity contribution >= 4 is 11.8 Å². The second-order valence-electron chi connectivity index (χ2n) is 6.51. The van der Waals surface area contributed by atoms with Gasteiger partial charge < -0.3 is 10.1 Å². The first-order chi connectivity index (χ1) is 13.6. The first-order valence-corrected chi connectivity index (χ1v) is 9.28. The van der Waals surface area contributed by atoms with E-state index in [0.29, 0.717) is 35.9 Å². The Morgan fingerprint density at radius 3 is 2.79 bits per heavy atom. The zero-order chi connectivity index (χ0) is 19.9. The molecule has 1 atom stereocenters. The molecule has 2 aromatic rings. The van der Waals surface area contributed by atoms with E-state index in [1.807, 2.05) is 6.07 Å². The molecule has 28 heavy (non-hydrogen) atoms. The molecule has 0 saturated heterocycles. The third-order valence-electron chi connectivity index (χ3n) is 4.62. The molecule has 2 amide bonds. The van der Waals surface area contributed by atoms with Crippen LogP contribution in [0.5, 0.6) is 5.88 Å². The third-order valence-corrected chi connectivity index (χ3v) is 4.62. The fraction of sp³-hybridized carbons (Fsp3) is 0.400. The maximum atomic E-state index is 13.0. The number of nitrogens with one attached hydrogen (secondary N) is 1. The van der Waals surface area contributed by atoms with E-state index >= 15 is 0 Å². The summed E-state index contributed by atoms with van der Waals surface area (Å²) >= 11 is 0. The molecule has 3 rings (SSSR count). The van der Waals surface area contributed by atoms with E-state index in [2.05, 4.69) is 15.3 Å². The highest BCUT2D eigenvalue weighted by molar-refractivity contribution is 6.02. The number of carbonyl (C=O) groups excluding carboxylic acids is 2. The monoisotopic (exact) mass is 384 g/mol. The van der Waals surface area contributed by atoms with E-state index in [-0.39, 0.29) is 11.8 Å². The summed E-state index contributed by atoms with van der Waals surface area (Å²) in [5.41, 5.74) is 0.975. The van der Waals surface area contributed by atoms with E-state index in [4.69, 9.17) is 9.57 Å². The van der Waals surface area contributed by atoms with E-state index in [1.54, 1.807) is 30.5 Å². The molecular weight excluding hydrogens is 360 g/mol. The van der Waals surface area contributed by atoms with Gasteiger partial charge in [-0.3, -0.25) is 14.4 Å². The summed E-state index contributed by atoms with van der Waals surface area (Å²) in [6, 6.07) is 8.06. The van der Waals surface area contributed by atoms with Crippen LogP contribution in [-0.4, -0.2) is 53.7 Å². The third kappa shape index (κ3) is 4.64. The quantitative estimate of drug-likeness (QED) is 0.798. The first-order valence-electron chi connectivity index (χ1n) is 9.28. The molecule has 0 spiro atoms. The van der Waals surface area contributed by atoms with Gasteiger partial charge >= 0.3 is 0 Å². The van der Waals surface area contributed by atoms with Crippen LogP contribution in [0.1, 0.15) is 36.0 Å². The minimum absolute atomic E-state index is 0.296. The lowest BCUT2D eigenvalue weighted by atomic mass is 10.0. The average molecular weight is 384 g/mol. The SMILES string of the molecule is CON(C)C(=O)[C@@H]1CCCCCOc2ccnc(n2)-c2ccccc2C(=O)N1. The summed E-state index contributed by atoms with van der Waals surface area (Å²) in [5.74, 6) is 0.226. The fourth-order valence-corrected chi connectivity index (χ4v) is 3.04. The van der Waals surface area contributed by atoms with Crippen molar-refractivity contribution in [1.29, 1.82) is 0 Å². The molecule has 0 fully saturated rings. The number of ether oxygens (including phenoxy) is 1. The number of hydrogen-bond acceptors (Lipinski definition) is 6. The maximum absolute atomic E-state index is 13.0. The Balaban J connectivity index is 1.97. The van der Waals surface area contributed by atoms with Crippen LogP contribution in [-0.2, 0) is 9.63 Å². The van der Waals surface area contributed by atoms with Crippen LogP contribution >= 0.6 is 0 Å². The molecule has 1 aromatic carbocycles. The zero-order valence-electron chi connectivity index (χ0n) is 16.1. The van der Waals surface area contributed by atoms with Crippen LogP contribution in [0.15, 0.2) is 36.5 Å². The Kier molecular flexibility index (Phi) is 6.54. The molecule has 0 aliphatic carbocycles. The molecule has 1 aromatic heterocycles. The summed E-state index contributed by atoms with van der Waals surface area (Å²) in [5, 5.41) is 3.99. The number of carbonyl (C=O) groups is 2. The van der Waals surface area contributed by atoms with Crippen molar-refractivity contribution in [2.45, 2.75) is 31.7 Å². The lowest BCUT2D eigenvalue weighted by molar-refractivity contribution is -0.171. The van der Waals surface area contributed by atoms with Crippen LogP contribution in [0.4, 0.5) is 0 Å². The van der Waals surface area contributed by atoms with E-state index in [9.17, 15) is 9.59 Å². The summed E-state index contributed by atoms with van der Waals surface area (Å²) in [4.78, 5) is 39.3. The fourth-order valence-electron chi connectivity index (χ4n) is 3.04. The predicted molar refractivity (Wildman–Crippen MR) is 102 cm³/mol. The van der Waals surface area contributed by atoms with Gasteiger partial charge in [0.05, 0.1) is 19.3 Å². The zero-order valence-corrected chi connectivity index (χ0v) is 16.1. The Labute approximate surface area is 163 Å². The van der Waals surface area contributed by atoms with Gasteiger partial charge in [0, 0.05) is 24.9 Å². The first kappa shape index (κ1) is 19.8. The van der Waals surface area contributed by atoms with Crippen LogP contribution in [0.2, 0.25) is 0 Å². The van der Waals surface area contributed by atoms with Crippen molar-refractivity contribution in [3.05, 3.63) is 42.1 Å². The van der Waals surface area contributed by atoms with Gasteiger partial charge in [-0.2, -0.15) is 4.98 Å². The number of nitrogens with zero attached hydrogens (tertiary/aromatic N) is 3. The van der Waals surface area contributed by atoms with Gasteiger partial charge in [0.2, 0.25) is 5.88 Å². The molecule has 1 aliphatic rings. The van der Waals surface area contributed by atoms with Crippen LogP contribution in [0.25, 0.3) is 11.4 Å². The molecule has 1 N–H and O–H groups in total. The second kappa shape index (κ2) is 9.27. The topological polar surface area (TPSA) is 93.7 Å². The molecule has 0 saturated carbocycles. The minimum atomic E-state index is -0.679. The van der Waals surface area contributed by atoms with Gasteiger partial charge in [-0.05, 0) is 25.3 Å². The van der Waals surface area contributed by atoms with Crippen molar-refractivity contribution < 1.29 is 19.2 Å². The van der Waals surface area contributed by atoms with Crippen LogP contribution in [0.3, 0.4) is 0 Å². The second-order valence-corrected chi connectivity index (χ2v) is 6.51. The van der Waals surface area contributed by atoms with Gasteiger partial charge in [0.1, 0.15) is 6.04 Å². The van der Waals surface area contributed by atoms with Gasteiger partial charge in [-0.15, -0.1) is 0 Å². The number of fused-ring (bicyclic) bond motifs is 4. The minimum Gasteiger partial charge on any atom is -0.478 e. The number of hydrogen-bond donors (Lipinski definition) is 1. The summed E-state index contributed by atoms with van der Waals surface area (Å²) in [6.45, 7) is 0.529.